The number of carbonyl (C=O) groups excluding carboxylic acids is 2. The lowest BCUT2D eigenvalue weighted by Gasteiger charge is -2.10. The molecule has 2 heterocycles. The van der Waals surface area contributed by atoms with Crippen molar-refractivity contribution in [3.05, 3.63) is 75.7 Å². The van der Waals surface area contributed by atoms with E-state index in [1.807, 2.05) is 38.1 Å². The number of nitrogens with one attached hydrogen (secondary N) is 1. The molecule has 0 fully saturated rings. The third-order valence-corrected chi connectivity index (χ3v) is 6.36. The Kier molecular flexibility index (Phi) is 7.49. The molecule has 1 amide bonds. The Morgan fingerprint density at radius 2 is 1.89 bits per heavy atom. The van der Waals surface area contributed by atoms with Gasteiger partial charge in [-0.3, -0.25) is 14.2 Å². The third kappa shape index (κ3) is 5.46. The summed E-state index contributed by atoms with van der Waals surface area (Å²) in [6.45, 7) is 7.76. The summed E-state index contributed by atoms with van der Waals surface area (Å²) in [5.74, 6) is -0.129. The van der Waals surface area contributed by atoms with Crippen LogP contribution in [0.15, 0.2) is 59.7 Å². The molecule has 0 aliphatic heterocycles. The Hall–Kier alpha value is -3.98. The number of nitrogens with zero attached hydrogens (tertiary/aromatic N) is 2. The molecular formula is C27H27N3O5S. The second-order valence-electron chi connectivity index (χ2n) is 8.43. The van der Waals surface area contributed by atoms with Crippen LogP contribution in [0, 0.1) is 6.92 Å². The van der Waals surface area contributed by atoms with Crippen molar-refractivity contribution in [3.63, 3.8) is 0 Å². The summed E-state index contributed by atoms with van der Waals surface area (Å²) >= 11 is 1.44. The third-order valence-electron chi connectivity index (χ3n) is 5.35. The van der Waals surface area contributed by atoms with Gasteiger partial charge in [0.25, 0.3) is 5.56 Å². The highest BCUT2D eigenvalue weighted by Crippen LogP contribution is 2.36. The van der Waals surface area contributed by atoms with Gasteiger partial charge in [-0.25, -0.2) is 9.78 Å². The molecule has 36 heavy (non-hydrogen) atoms. The first kappa shape index (κ1) is 25.1. The van der Waals surface area contributed by atoms with Gasteiger partial charge in [0, 0.05) is 16.1 Å². The molecule has 0 radical (unpaired) electrons. The van der Waals surface area contributed by atoms with Gasteiger partial charge in [0.05, 0.1) is 30.0 Å². The number of carbonyl (C=O) groups is 2. The maximum absolute atomic E-state index is 13.4. The lowest BCUT2D eigenvalue weighted by atomic mass is 10.0. The van der Waals surface area contributed by atoms with Crippen molar-refractivity contribution in [2.75, 3.05) is 11.9 Å². The van der Waals surface area contributed by atoms with E-state index in [0.717, 1.165) is 21.8 Å². The van der Waals surface area contributed by atoms with Gasteiger partial charge in [-0.2, -0.15) is 0 Å². The van der Waals surface area contributed by atoms with Gasteiger partial charge in [0.2, 0.25) is 5.91 Å². The fourth-order valence-corrected chi connectivity index (χ4v) is 4.85. The molecule has 0 atom stereocenters. The first-order valence-electron chi connectivity index (χ1n) is 11.6. The van der Waals surface area contributed by atoms with Gasteiger partial charge >= 0.3 is 5.97 Å². The molecule has 9 heteroatoms. The van der Waals surface area contributed by atoms with E-state index in [2.05, 4.69) is 10.3 Å². The van der Waals surface area contributed by atoms with Gasteiger partial charge in [-0.15, -0.1) is 11.3 Å². The predicted octanol–water partition coefficient (Wildman–Crippen LogP) is 5.04. The molecule has 1 N–H and O–H groups in total. The number of aryl methyl sites for hydroxylation is 1. The topological polar surface area (TPSA) is 99.5 Å². The molecule has 0 spiro atoms. The van der Waals surface area contributed by atoms with E-state index in [9.17, 15) is 14.4 Å². The summed E-state index contributed by atoms with van der Waals surface area (Å²) in [5.41, 5.74) is 2.16. The number of benzene rings is 2. The summed E-state index contributed by atoms with van der Waals surface area (Å²) in [6, 6.07) is 14.1. The molecule has 0 saturated heterocycles. The van der Waals surface area contributed by atoms with Gasteiger partial charge in [-0.1, -0.05) is 18.2 Å². The van der Waals surface area contributed by atoms with Gasteiger partial charge < -0.3 is 14.8 Å². The first-order valence-corrected chi connectivity index (χ1v) is 12.4. The van der Waals surface area contributed by atoms with Crippen molar-refractivity contribution < 1.29 is 19.1 Å². The highest BCUT2D eigenvalue weighted by Gasteiger charge is 2.18. The quantitative estimate of drug-likeness (QED) is 0.337. The zero-order chi connectivity index (χ0) is 25.8. The van der Waals surface area contributed by atoms with E-state index < -0.39 is 11.9 Å². The Bertz CT molecular complexity index is 1470. The second-order valence-corrected chi connectivity index (χ2v) is 9.63. The van der Waals surface area contributed by atoms with Crippen LogP contribution in [0.2, 0.25) is 0 Å². The Morgan fingerprint density at radius 1 is 1.14 bits per heavy atom. The molecule has 2 aromatic carbocycles. The predicted molar refractivity (Wildman–Crippen MR) is 141 cm³/mol. The van der Waals surface area contributed by atoms with Crippen LogP contribution in [-0.2, 0) is 16.1 Å². The Balaban J connectivity index is 1.58. The van der Waals surface area contributed by atoms with E-state index in [1.54, 1.807) is 38.1 Å². The molecule has 186 valence electrons. The summed E-state index contributed by atoms with van der Waals surface area (Å²) < 4.78 is 12.0. The summed E-state index contributed by atoms with van der Waals surface area (Å²) in [5, 5.41) is 3.22. The monoisotopic (exact) mass is 505 g/mol. The summed E-state index contributed by atoms with van der Waals surface area (Å²) in [6.07, 6.45) is 1.14. The van der Waals surface area contributed by atoms with E-state index in [1.165, 1.54) is 22.2 Å². The fourth-order valence-electron chi connectivity index (χ4n) is 3.84. The van der Waals surface area contributed by atoms with Crippen LogP contribution in [0.1, 0.15) is 36.0 Å². The van der Waals surface area contributed by atoms with Crippen LogP contribution in [-0.4, -0.2) is 34.1 Å². The van der Waals surface area contributed by atoms with Gasteiger partial charge in [0.15, 0.2) is 0 Å². The van der Waals surface area contributed by atoms with Crippen molar-refractivity contribution in [3.8, 4) is 16.9 Å². The number of amides is 1. The van der Waals surface area contributed by atoms with Crippen molar-refractivity contribution in [1.29, 1.82) is 0 Å². The molecule has 4 aromatic rings. The Morgan fingerprint density at radius 3 is 2.58 bits per heavy atom. The maximum atomic E-state index is 13.4. The normalized spacial score (nSPS) is 11.0. The largest absolute Gasteiger partial charge is 0.494 e. The standard InChI is InChI=1S/C27H27N3O5S/c1-5-34-21-11-9-18(10-12-21)23-17(4)36-25-24(23)26(32)30(15-28-25)14-22(31)29-20-8-6-7-19(13-20)27(33)35-16(2)3/h6-13,15-16H,5,14H2,1-4H3,(H,29,31). The number of hydrogen-bond donors (Lipinski definition) is 1. The van der Waals surface area contributed by atoms with Crippen molar-refractivity contribution >= 4 is 39.1 Å². The van der Waals surface area contributed by atoms with Gasteiger partial charge in [0.1, 0.15) is 17.1 Å². The molecule has 8 nitrogen and oxygen atoms in total. The van der Waals surface area contributed by atoms with E-state index in [4.69, 9.17) is 9.47 Å². The molecule has 0 unspecified atom stereocenters. The molecule has 0 bridgehead atoms. The van der Waals surface area contributed by atoms with Crippen LogP contribution in [0.25, 0.3) is 21.3 Å². The van der Waals surface area contributed by atoms with Crippen LogP contribution in [0.4, 0.5) is 5.69 Å². The number of esters is 1. The minimum absolute atomic E-state index is 0.222. The van der Waals surface area contributed by atoms with Crippen molar-refractivity contribution in [2.24, 2.45) is 0 Å². The highest BCUT2D eigenvalue weighted by atomic mass is 32.1. The number of fused-ring (bicyclic) bond motifs is 1. The van der Waals surface area contributed by atoms with Gasteiger partial charge in [-0.05, 0) is 63.6 Å². The number of thiophene rings is 1. The highest BCUT2D eigenvalue weighted by molar-refractivity contribution is 7.19. The summed E-state index contributed by atoms with van der Waals surface area (Å²) in [7, 11) is 0. The van der Waals surface area contributed by atoms with E-state index >= 15 is 0 Å². The van der Waals surface area contributed by atoms with Crippen molar-refractivity contribution in [1.82, 2.24) is 9.55 Å². The second kappa shape index (κ2) is 10.7. The Labute approximate surface area is 212 Å². The molecule has 0 aliphatic rings. The first-order chi connectivity index (χ1) is 17.3. The van der Waals surface area contributed by atoms with E-state index in [0.29, 0.717) is 28.1 Å². The number of ether oxygens (including phenoxy) is 2. The van der Waals surface area contributed by atoms with Crippen molar-refractivity contribution in [2.45, 2.75) is 40.3 Å². The molecular weight excluding hydrogens is 478 g/mol. The average molecular weight is 506 g/mol. The number of rotatable bonds is 8. The number of anilines is 1. The lowest BCUT2D eigenvalue weighted by Crippen LogP contribution is -2.27. The molecule has 0 saturated carbocycles. The zero-order valence-corrected chi connectivity index (χ0v) is 21.3. The van der Waals surface area contributed by atoms with Crippen LogP contribution in [0.5, 0.6) is 5.75 Å². The smallest absolute Gasteiger partial charge is 0.338 e. The zero-order valence-electron chi connectivity index (χ0n) is 20.5. The minimum Gasteiger partial charge on any atom is -0.494 e. The van der Waals surface area contributed by atoms with Crippen LogP contribution >= 0.6 is 11.3 Å². The average Bonchev–Trinajstić information content (AvgIpc) is 3.18. The molecule has 4 rings (SSSR count). The van der Waals surface area contributed by atoms with Crippen LogP contribution < -0.4 is 15.6 Å². The maximum Gasteiger partial charge on any atom is 0.338 e. The van der Waals surface area contributed by atoms with E-state index in [-0.39, 0.29) is 18.2 Å². The lowest BCUT2D eigenvalue weighted by molar-refractivity contribution is -0.116. The number of hydrogen-bond acceptors (Lipinski definition) is 7. The minimum atomic E-state index is -0.471. The SMILES string of the molecule is CCOc1ccc(-c2c(C)sc3ncn(CC(=O)Nc4cccc(C(=O)OC(C)C)c4)c(=O)c23)cc1. The molecule has 2 aromatic heterocycles. The van der Waals surface area contributed by atoms with Crippen LogP contribution in [0.3, 0.4) is 0 Å². The fraction of sp³-hybridized carbons (Fsp3) is 0.259. The number of aromatic nitrogens is 2. The summed E-state index contributed by atoms with van der Waals surface area (Å²) in [4.78, 5) is 44.3. The molecule has 0 aliphatic carbocycles.